The Kier molecular flexibility index (Phi) is 9.49. The number of nitrogens with zero attached hydrogens (tertiary/aromatic N) is 5. The number of nitrogens with one attached hydrogen (secondary N) is 3. The smallest absolute Gasteiger partial charge is 0.407 e. The van der Waals surface area contributed by atoms with Gasteiger partial charge in [0.1, 0.15) is 12.1 Å². The summed E-state index contributed by atoms with van der Waals surface area (Å²) in [5.74, 6) is -0.00733. The normalized spacial score (nSPS) is 18.3. The third-order valence-corrected chi connectivity index (χ3v) is 8.83. The summed E-state index contributed by atoms with van der Waals surface area (Å²) in [6.07, 6.45) is 5.53. The zero-order valence-corrected chi connectivity index (χ0v) is 28.7. The van der Waals surface area contributed by atoms with E-state index in [0.29, 0.717) is 49.8 Å². The Labute approximate surface area is 292 Å². The number of benzene rings is 2. The van der Waals surface area contributed by atoms with Crippen molar-refractivity contribution in [3.8, 4) is 28.4 Å². The molecule has 0 spiro atoms. The molecule has 262 valence electrons. The number of guanidine groups is 1. The van der Waals surface area contributed by atoms with E-state index in [2.05, 4.69) is 25.7 Å². The molecule has 2 aromatic carbocycles. The van der Waals surface area contributed by atoms with Gasteiger partial charge in [-0.05, 0) is 53.5 Å². The molecule has 50 heavy (non-hydrogen) atoms. The SMILES string of the molecule is COc1ccnc(-c2cc(C(COC(=O)NC3CC3)N3C(=N)NC(CC(C)(C)C)(c4ccc(-c5cnn(C(F)F)c5)cc4)C3=O)ccc2Cl)n1. The minimum Gasteiger partial charge on any atom is -0.481 e. The van der Waals surface area contributed by atoms with Gasteiger partial charge in [0.2, 0.25) is 5.88 Å². The lowest BCUT2D eigenvalue weighted by atomic mass is 9.75. The first-order chi connectivity index (χ1) is 23.8. The number of hydrogen-bond donors (Lipinski definition) is 3. The predicted molar refractivity (Wildman–Crippen MR) is 182 cm³/mol. The fraction of sp³-hybridized carbons (Fsp3) is 0.371. The van der Waals surface area contributed by atoms with Gasteiger partial charge in [0.15, 0.2) is 11.8 Å². The van der Waals surface area contributed by atoms with Crippen molar-refractivity contribution in [2.75, 3.05) is 13.7 Å². The average Bonchev–Trinajstić information content (AvgIpc) is 3.68. The number of carbonyl (C=O) groups excluding carboxylic acids is 2. The van der Waals surface area contributed by atoms with Crippen LogP contribution in [0.2, 0.25) is 5.02 Å². The molecule has 2 amide bonds. The summed E-state index contributed by atoms with van der Waals surface area (Å²) in [4.78, 5) is 37.7. The van der Waals surface area contributed by atoms with Gasteiger partial charge in [0.05, 0.1) is 24.4 Å². The Morgan fingerprint density at radius 3 is 2.54 bits per heavy atom. The lowest BCUT2D eigenvalue weighted by molar-refractivity contribution is -0.134. The summed E-state index contributed by atoms with van der Waals surface area (Å²) in [5.41, 5.74) is 0.875. The van der Waals surface area contributed by atoms with Crippen molar-refractivity contribution in [1.29, 1.82) is 5.41 Å². The number of alkyl carbamates (subject to hydrolysis) is 1. The van der Waals surface area contributed by atoms with Crippen LogP contribution in [0.25, 0.3) is 22.5 Å². The Bertz CT molecular complexity index is 1910. The molecule has 1 aliphatic heterocycles. The average molecular weight is 707 g/mol. The molecule has 2 aliphatic rings. The first-order valence-electron chi connectivity index (χ1n) is 16.0. The molecule has 2 fully saturated rings. The zero-order valence-electron chi connectivity index (χ0n) is 27.9. The fourth-order valence-corrected chi connectivity index (χ4v) is 6.29. The van der Waals surface area contributed by atoms with Crippen molar-refractivity contribution in [3.05, 3.63) is 83.3 Å². The van der Waals surface area contributed by atoms with E-state index in [4.69, 9.17) is 26.5 Å². The van der Waals surface area contributed by atoms with Gasteiger partial charge in [0.25, 0.3) is 5.91 Å². The maximum absolute atomic E-state index is 14.9. The van der Waals surface area contributed by atoms with Crippen LogP contribution in [0.1, 0.15) is 63.8 Å². The molecule has 1 saturated heterocycles. The van der Waals surface area contributed by atoms with E-state index in [9.17, 15) is 18.4 Å². The second-order valence-electron chi connectivity index (χ2n) is 13.6. The van der Waals surface area contributed by atoms with Crippen LogP contribution < -0.4 is 15.4 Å². The highest BCUT2D eigenvalue weighted by Crippen LogP contribution is 2.43. The summed E-state index contributed by atoms with van der Waals surface area (Å²) < 4.78 is 37.9. The van der Waals surface area contributed by atoms with Crippen molar-refractivity contribution >= 4 is 29.6 Å². The third kappa shape index (κ3) is 7.25. The van der Waals surface area contributed by atoms with Crippen LogP contribution in [0.3, 0.4) is 0 Å². The molecule has 0 bridgehead atoms. The fourth-order valence-electron chi connectivity index (χ4n) is 6.09. The molecule has 2 aromatic heterocycles. The number of rotatable bonds is 11. The molecule has 4 aromatic rings. The van der Waals surface area contributed by atoms with E-state index in [-0.39, 0.29) is 24.4 Å². The van der Waals surface area contributed by atoms with Crippen LogP contribution in [0.4, 0.5) is 13.6 Å². The number of aromatic nitrogens is 4. The first kappa shape index (κ1) is 34.7. The van der Waals surface area contributed by atoms with Crippen molar-refractivity contribution in [2.24, 2.45) is 5.41 Å². The lowest BCUT2D eigenvalue weighted by Crippen LogP contribution is -2.47. The molecule has 6 rings (SSSR count). The van der Waals surface area contributed by atoms with E-state index < -0.39 is 35.5 Å². The van der Waals surface area contributed by atoms with Crippen molar-refractivity contribution in [3.63, 3.8) is 0 Å². The largest absolute Gasteiger partial charge is 0.481 e. The number of alkyl halides is 2. The van der Waals surface area contributed by atoms with Crippen LogP contribution >= 0.6 is 11.6 Å². The van der Waals surface area contributed by atoms with Gasteiger partial charge >= 0.3 is 12.6 Å². The molecule has 1 saturated carbocycles. The van der Waals surface area contributed by atoms with E-state index in [1.165, 1.54) is 30.6 Å². The summed E-state index contributed by atoms with van der Waals surface area (Å²) in [6, 6.07) is 12.7. The van der Waals surface area contributed by atoms with Crippen LogP contribution in [0.15, 0.2) is 67.1 Å². The number of hydrogen-bond acceptors (Lipinski definition) is 8. The van der Waals surface area contributed by atoms with Crippen molar-refractivity contribution in [2.45, 2.75) is 64.2 Å². The van der Waals surface area contributed by atoms with Gasteiger partial charge in [-0.15, -0.1) is 0 Å². The summed E-state index contributed by atoms with van der Waals surface area (Å²) in [7, 11) is 1.49. The monoisotopic (exact) mass is 706 g/mol. The maximum Gasteiger partial charge on any atom is 0.407 e. The van der Waals surface area contributed by atoms with E-state index in [0.717, 1.165) is 12.8 Å². The Morgan fingerprint density at radius 2 is 1.90 bits per heavy atom. The Morgan fingerprint density at radius 1 is 1.16 bits per heavy atom. The lowest BCUT2D eigenvalue weighted by Gasteiger charge is -2.35. The van der Waals surface area contributed by atoms with Gasteiger partial charge in [-0.3, -0.25) is 15.1 Å². The molecule has 2 unspecified atom stereocenters. The zero-order chi connectivity index (χ0) is 35.8. The van der Waals surface area contributed by atoms with Gasteiger partial charge < -0.3 is 20.1 Å². The number of methoxy groups -OCH3 is 1. The molecular weight excluding hydrogens is 670 g/mol. The third-order valence-electron chi connectivity index (χ3n) is 8.50. The Balaban J connectivity index is 1.39. The molecule has 2 atom stereocenters. The molecule has 0 radical (unpaired) electrons. The van der Waals surface area contributed by atoms with E-state index in [1.807, 2.05) is 20.8 Å². The molecule has 12 nitrogen and oxygen atoms in total. The van der Waals surface area contributed by atoms with Gasteiger partial charge in [-0.25, -0.2) is 14.5 Å². The molecule has 1 aliphatic carbocycles. The van der Waals surface area contributed by atoms with Gasteiger partial charge in [-0.2, -0.15) is 18.9 Å². The Hall–Kier alpha value is -5.11. The van der Waals surface area contributed by atoms with Crippen LogP contribution in [0, 0.1) is 10.8 Å². The number of halogens is 3. The van der Waals surface area contributed by atoms with Crippen LogP contribution in [-0.2, 0) is 15.1 Å². The van der Waals surface area contributed by atoms with Gasteiger partial charge in [0, 0.05) is 35.6 Å². The standard InChI is InChI=1S/C35H37ClF2N8O4/c1-34(2,3)19-35(23-8-5-20(6-9-23)22-16-41-45(17-22)31(37)38)30(47)46(32(39)44-35)27(18-50-33(48)42-24-10-11-24)21-7-12-26(36)25(15-21)29-40-14-13-28(43-29)49-4/h5-9,12-17,24,27,31H,10-11,18-19H2,1-4H3,(H2,39,44)(H,42,48). The first-order valence-corrected chi connectivity index (χ1v) is 16.4. The quantitative estimate of drug-likeness (QED) is 0.156. The van der Waals surface area contributed by atoms with Gasteiger partial charge in [-0.1, -0.05) is 62.7 Å². The summed E-state index contributed by atoms with van der Waals surface area (Å²) >= 11 is 6.62. The summed E-state index contributed by atoms with van der Waals surface area (Å²) in [5, 5.41) is 19.2. The van der Waals surface area contributed by atoms with E-state index >= 15 is 0 Å². The molecule has 3 heterocycles. The molecule has 15 heteroatoms. The number of ether oxygens (including phenoxy) is 2. The van der Waals surface area contributed by atoms with Crippen molar-refractivity contribution in [1.82, 2.24) is 35.3 Å². The van der Waals surface area contributed by atoms with Crippen molar-refractivity contribution < 1.29 is 27.8 Å². The minimum absolute atomic E-state index is 0.0498. The van der Waals surface area contributed by atoms with E-state index in [1.54, 1.807) is 48.5 Å². The number of carbonyl (C=O) groups is 2. The van der Waals surface area contributed by atoms with Crippen LogP contribution in [-0.4, -0.2) is 62.4 Å². The minimum atomic E-state index is -2.77. The van der Waals surface area contributed by atoms with Crippen LogP contribution in [0.5, 0.6) is 5.88 Å². The highest BCUT2D eigenvalue weighted by molar-refractivity contribution is 6.33. The summed E-state index contributed by atoms with van der Waals surface area (Å²) in [6.45, 7) is 2.93. The predicted octanol–water partition coefficient (Wildman–Crippen LogP) is 6.69. The molecule has 3 N–H and O–H groups in total. The highest BCUT2D eigenvalue weighted by Gasteiger charge is 2.54. The molecular formula is C35H37ClF2N8O4. The second kappa shape index (κ2) is 13.7. The maximum atomic E-state index is 14.9. The second-order valence-corrected chi connectivity index (χ2v) is 14.0. The number of amides is 2. The topological polar surface area (TPSA) is 147 Å². The highest BCUT2D eigenvalue weighted by atomic mass is 35.5.